The second-order valence-electron chi connectivity index (χ2n) is 3.00. The minimum absolute atomic E-state index is 0.252. The molecule has 0 rings (SSSR count). The summed E-state index contributed by atoms with van der Waals surface area (Å²) in [5.41, 5.74) is 0.405. The van der Waals surface area contributed by atoms with Gasteiger partial charge in [-0.1, -0.05) is 19.9 Å². The van der Waals surface area contributed by atoms with E-state index in [0.29, 0.717) is 12.2 Å². The van der Waals surface area contributed by atoms with E-state index in [0.717, 1.165) is 18.9 Å². The van der Waals surface area contributed by atoms with Crippen LogP contribution in [0.15, 0.2) is 24.3 Å². The Kier molecular flexibility index (Phi) is 6.37. The van der Waals surface area contributed by atoms with E-state index < -0.39 is 5.97 Å². The monoisotopic (exact) mass is 196 g/mol. The van der Waals surface area contributed by atoms with Gasteiger partial charge in [0.25, 0.3) is 0 Å². The maximum atomic E-state index is 11.0. The fourth-order valence-corrected chi connectivity index (χ4v) is 0.651. The maximum absolute atomic E-state index is 11.0. The summed E-state index contributed by atoms with van der Waals surface area (Å²) in [5.74, 6) is -0.731. The Hall–Kier alpha value is -1.38. The van der Waals surface area contributed by atoms with E-state index in [1.54, 1.807) is 6.92 Å². The highest BCUT2D eigenvalue weighted by Crippen LogP contribution is 1.93. The average Bonchev–Trinajstić information content (AvgIpc) is 2.14. The molecular formula is C11H16O3. The molecule has 0 aromatic carbocycles. The van der Waals surface area contributed by atoms with Crippen molar-refractivity contribution in [2.24, 2.45) is 0 Å². The van der Waals surface area contributed by atoms with Gasteiger partial charge in [0.1, 0.15) is 0 Å². The Bertz CT molecular complexity index is 251. The summed E-state index contributed by atoms with van der Waals surface area (Å²) >= 11 is 0. The molecule has 0 fully saturated rings. The minimum Gasteiger partial charge on any atom is -0.463 e. The zero-order chi connectivity index (χ0) is 11.0. The fourth-order valence-electron chi connectivity index (χ4n) is 0.651. The lowest BCUT2D eigenvalue weighted by Gasteiger charge is -1.98. The van der Waals surface area contributed by atoms with Crippen molar-refractivity contribution in [1.29, 1.82) is 0 Å². The zero-order valence-corrected chi connectivity index (χ0v) is 8.71. The molecule has 78 valence electrons. The first-order valence-electron chi connectivity index (χ1n) is 4.62. The van der Waals surface area contributed by atoms with E-state index in [4.69, 9.17) is 4.74 Å². The van der Waals surface area contributed by atoms with Gasteiger partial charge >= 0.3 is 5.97 Å². The lowest BCUT2D eigenvalue weighted by Crippen LogP contribution is -2.03. The van der Waals surface area contributed by atoms with E-state index >= 15 is 0 Å². The largest absolute Gasteiger partial charge is 0.463 e. The van der Waals surface area contributed by atoms with E-state index in [-0.39, 0.29) is 5.78 Å². The molecule has 0 bridgehead atoms. The second-order valence-corrected chi connectivity index (χ2v) is 3.00. The summed E-state index contributed by atoms with van der Waals surface area (Å²) in [6.07, 6.45) is 4.12. The Morgan fingerprint density at radius 2 is 2.00 bits per heavy atom. The smallest absolute Gasteiger partial charge is 0.330 e. The van der Waals surface area contributed by atoms with Gasteiger partial charge in [0, 0.05) is 6.08 Å². The molecule has 0 aliphatic carbocycles. The molecule has 0 unspecified atom stereocenters. The average molecular weight is 196 g/mol. The molecule has 0 heterocycles. The number of ether oxygens (including phenoxy) is 1. The molecule has 0 saturated heterocycles. The molecule has 0 aromatic rings. The minimum atomic E-state index is -0.479. The first-order valence-corrected chi connectivity index (χ1v) is 4.62. The maximum Gasteiger partial charge on any atom is 0.330 e. The number of unbranched alkanes of at least 4 members (excludes halogenated alkanes) is 1. The van der Waals surface area contributed by atoms with Gasteiger partial charge in [-0.05, 0) is 25.0 Å². The standard InChI is InChI=1S/C11H16O3/c1-4-5-8-14-11(13)7-6-10(12)9(2)3/h6-7H,2,4-5,8H2,1,3H3. The van der Waals surface area contributed by atoms with Crippen LogP contribution in [0.4, 0.5) is 0 Å². The van der Waals surface area contributed by atoms with Gasteiger partial charge in [0.15, 0.2) is 5.78 Å². The molecule has 0 aliphatic rings. The molecule has 0 atom stereocenters. The van der Waals surface area contributed by atoms with Crippen molar-refractivity contribution in [3.05, 3.63) is 24.3 Å². The van der Waals surface area contributed by atoms with Crippen molar-refractivity contribution < 1.29 is 14.3 Å². The summed E-state index contributed by atoms with van der Waals surface area (Å²) in [5, 5.41) is 0. The van der Waals surface area contributed by atoms with Gasteiger partial charge in [0.05, 0.1) is 6.61 Å². The number of ketones is 1. The van der Waals surface area contributed by atoms with Crippen molar-refractivity contribution in [3.63, 3.8) is 0 Å². The summed E-state index contributed by atoms with van der Waals surface area (Å²) in [4.78, 5) is 21.9. The molecule has 0 saturated carbocycles. The predicted octanol–water partition coefficient (Wildman–Crippen LogP) is 2.03. The van der Waals surface area contributed by atoms with Crippen LogP contribution in [0.25, 0.3) is 0 Å². The molecule has 0 aliphatic heterocycles. The van der Waals surface area contributed by atoms with Crippen molar-refractivity contribution in [2.75, 3.05) is 6.61 Å². The second kappa shape index (κ2) is 7.06. The van der Waals surface area contributed by atoms with Crippen molar-refractivity contribution >= 4 is 11.8 Å². The molecule has 3 heteroatoms. The summed E-state index contributed by atoms with van der Waals surface area (Å²) in [6.45, 7) is 7.46. The number of hydrogen-bond donors (Lipinski definition) is 0. The number of carbonyl (C=O) groups excluding carboxylic acids is 2. The third-order valence-corrected chi connectivity index (χ3v) is 1.53. The van der Waals surface area contributed by atoms with Crippen LogP contribution in [0.5, 0.6) is 0 Å². The van der Waals surface area contributed by atoms with Crippen molar-refractivity contribution in [3.8, 4) is 0 Å². The van der Waals surface area contributed by atoms with Gasteiger partial charge in [-0.25, -0.2) is 4.79 Å². The molecule has 3 nitrogen and oxygen atoms in total. The predicted molar refractivity (Wildman–Crippen MR) is 54.8 cm³/mol. The van der Waals surface area contributed by atoms with Gasteiger partial charge < -0.3 is 4.74 Å². The highest BCUT2D eigenvalue weighted by Gasteiger charge is 1.99. The number of allylic oxidation sites excluding steroid dienone is 2. The quantitative estimate of drug-likeness (QED) is 0.371. The van der Waals surface area contributed by atoms with E-state index in [1.807, 2.05) is 6.92 Å². The van der Waals surface area contributed by atoms with Crippen LogP contribution in [0.1, 0.15) is 26.7 Å². The molecule has 0 amide bonds. The van der Waals surface area contributed by atoms with Gasteiger partial charge in [-0.3, -0.25) is 4.79 Å². The SMILES string of the molecule is C=C(C)C(=O)C=CC(=O)OCCCC. The van der Waals surface area contributed by atoms with Crippen LogP contribution in [0, 0.1) is 0 Å². The Labute approximate surface area is 84.4 Å². The lowest BCUT2D eigenvalue weighted by atomic mass is 10.2. The molecule has 0 N–H and O–H groups in total. The third kappa shape index (κ3) is 6.17. The molecule has 0 aromatic heterocycles. The van der Waals surface area contributed by atoms with Crippen LogP contribution in [0.3, 0.4) is 0 Å². The number of esters is 1. The summed E-state index contributed by atoms with van der Waals surface area (Å²) in [6, 6.07) is 0. The first-order chi connectivity index (χ1) is 6.57. The third-order valence-electron chi connectivity index (χ3n) is 1.53. The number of rotatable bonds is 6. The normalized spacial score (nSPS) is 10.1. The molecule has 0 radical (unpaired) electrons. The van der Waals surface area contributed by atoms with Crippen LogP contribution < -0.4 is 0 Å². The Morgan fingerprint density at radius 3 is 2.50 bits per heavy atom. The van der Waals surface area contributed by atoms with Crippen LogP contribution in [-0.4, -0.2) is 18.4 Å². The van der Waals surface area contributed by atoms with Crippen LogP contribution in [0.2, 0.25) is 0 Å². The van der Waals surface area contributed by atoms with E-state index in [1.165, 1.54) is 6.08 Å². The fraction of sp³-hybridized carbons (Fsp3) is 0.455. The topological polar surface area (TPSA) is 43.4 Å². The highest BCUT2D eigenvalue weighted by atomic mass is 16.5. The molecule has 14 heavy (non-hydrogen) atoms. The van der Waals surface area contributed by atoms with E-state index in [9.17, 15) is 9.59 Å². The highest BCUT2D eigenvalue weighted by molar-refractivity contribution is 6.05. The van der Waals surface area contributed by atoms with E-state index in [2.05, 4.69) is 6.58 Å². The number of carbonyl (C=O) groups is 2. The first kappa shape index (κ1) is 12.6. The molecule has 0 spiro atoms. The summed E-state index contributed by atoms with van der Waals surface area (Å²) < 4.78 is 4.80. The van der Waals surface area contributed by atoms with Gasteiger partial charge in [-0.2, -0.15) is 0 Å². The summed E-state index contributed by atoms with van der Waals surface area (Å²) in [7, 11) is 0. The number of hydrogen-bond acceptors (Lipinski definition) is 3. The zero-order valence-electron chi connectivity index (χ0n) is 8.71. The van der Waals surface area contributed by atoms with Gasteiger partial charge in [-0.15, -0.1) is 0 Å². The Morgan fingerprint density at radius 1 is 1.36 bits per heavy atom. The van der Waals surface area contributed by atoms with Crippen molar-refractivity contribution in [1.82, 2.24) is 0 Å². The van der Waals surface area contributed by atoms with Crippen LogP contribution >= 0.6 is 0 Å². The van der Waals surface area contributed by atoms with Gasteiger partial charge in [0.2, 0.25) is 0 Å². The lowest BCUT2D eigenvalue weighted by molar-refractivity contribution is -0.138. The van der Waals surface area contributed by atoms with Crippen LogP contribution in [-0.2, 0) is 14.3 Å². The van der Waals surface area contributed by atoms with Crippen molar-refractivity contribution in [2.45, 2.75) is 26.7 Å². The Balaban J connectivity index is 3.82. The molecular weight excluding hydrogens is 180 g/mol.